The van der Waals surface area contributed by atoms with E-state index in [1.54, 1.807) is 0 Å². The summed E-state index contributed by atoms with van der Waals surface area (Å²) in [5.74, 6) is 1.81. The Balaban J connectivity index is 1.04. The average Bonchev–Trinajstić information content (AvgIpc) is 4.14. The Kier molecular flexibility index (Phi) is 17.5. The van der Waals surface area contributed by atoms with Gasteiger partial charge in [0, 0.05) is 33.2 Å². The molecule has 0 saturated heterocycles. The van der Waals surface area contributed by atoms with Crippen LogP contribution in [0.15, 0.2) is 84.9 Å². The molecular formula is C56H70N4O2. The van der Waals surface area contributed by atoms with E-state index in [0.717, 1.165) is 105 Å². The molecule has 62 heavy (non-hydrogen) atoms. The minimum absolute atomic E-state index is 0.754. The minimum atomic E-state index is 0.754. The fraction of sp³-hybridized carbons (Fsp3) is 0.429. The second kappa shape index (κ2) is 24.3. The molecule has 5 heterocycles. The fourth-order valence-corrected chi connectivity index (χ4v) is 8.68. The summed E-state index contributed by atoms with van der Waals surface area (Å²) >= 11 is 0. The molecule has 6 heteroatoms. The van der Waals surface area contributed by atoms with Crippen LogP contribution in [0.3, 0.4) is 0 Å². The molecule has 5 aromatic rings. The molecule has 0 atom stereocenters. The van der Waals surface area contributed by atoms with E-state index in [2.05, 4.69) is 133 Å². The summed E-state index contributed by atoms with van der Waals surface area (Å²) in [6.07, 6.45) is 34.8. The first-order valence-electron chi connectivity index (χ1n) is 24.2. The molecule has 2 aromatic carbocycles. The van der Waals surface area contributed by atoms with E-state index in [-0.39, 0.29) is 0 Å². The number of H-pyrrole nitrogens is 2. The van der Waals surface area contributed by atoms with Crippen molar-refractivity contribution in [1.29, 1.82) is 0 Å². The van der Waals surface area contributed by atoms with Gasteiger partial charge in [0.2, 0.25) is 0 Å². The van der Waals surface area contributed by atoms with Gasteiger partial charge in [-0.25, -0.2) is 9.97 Å². The molecular weight excluding hydrogens is 761 g/mol. The molecule has 8 bridgehead atoms. The van der Waals surface area contributed by atoms with Crippen LogP contribution in [0, 0.1) is 0 Å². The number of benzene rings is 2. The lowest BCUT2D eigenvalue weighted by Gasteiger charge is -2.09. The van der Waals surface area contributed by atoms with Gasteiger partial charge in [0.05, 0.1) is 36.0 Å². The summed E-state index contributed by atoms with van der Waals surface area (Å²) < 4.78 is 12.4. The zero-order valence-corrected chi connectivity index (χ0v) is 37.7. The van der Waals surface area contributed by atoms with Crippen molar-refractivity contribution in [2.45, 2.75) is 142 Å². The number of hydrogen-bond donors (Lipinski definition) is 2. The second-order valence-corrected chi connectivity index (χ2v) is 17.3. The van der Waals surface area contributed by atoms with E-state index in [1.165, 1.54) is 116 Å². The Morgan fingerprint density at radius 1 is 0.387 bits per heavy atom. The molecule has 0 amide bonds. The monoisotopic (exact) mass is 831 g/mol. The first kappa shape index (κ1) is 44.7. The number of aromatic amines is 2. The molecule has 0 radical (unpaired) electrons. The van der Waals surface area contributed by atoms with Crippen molar-refractivity contribution in [3.63, 3.8) is 0 Å². The number of rotatable bonds is 26. The van der Waals surface area contributed by atoms with Gasteiger partial charge in [0.15, 0.2) is 0 Å². The van der Waals surface area contributed by atoms with E-state index >= 15 is 0 Å². The van der Waals surface area contributed by atoms with Crippen molar-refractivity contribution in [1.82, 2.24) is 19.9 Å². The minimum Gasteiger partial charge on any atom is -0.494 e. The first-order chi connectivity index (χ1) is 30.7. The van der Waals surface area contributed by atoms with Gasteiger partial charge in [-0.05, 0) is 109 Å². The summed E-state index contributed by atoms with van der Waals surface area (Å²) in [5, 5.41) is 0. The lowest BCUT2D eigenvalue weighted by molar-refractivity contribution is 0.304. The van der Waals surface area contributed by atoms with Crippen LogP contribution in [-0.4, -0.2) is 33.1 Å². The third-order valence-electron chi connectivity index (χ3n) is 12.2. The Bertz CT molecular complexity index is 2180. The van der Waals surface area contributed by atoms with Gasteiger partial charge in [-0.15, -0.1) is 0 Å². The van der Waals surface area contributed by atoms with Crippen LogP contribution in [0.4, 0.5) is 0 Å². The molecule has 3 aromatic heterocycles. The van der Waals surface area contributed by atoms with Crippen molar-refractivity contribution in [3.8, 4) is 33.8 Å². The Labute approximate surface area is 371 Å². The quantitative estimate of drug-likeness (QED) is 0.0533. The van der Waals surface area contributed by atoms with Crippen LogP contribution in [0.1, 0.15) is 165 Å². The molecule has 2 aliphatic rings. The maximum absolute atomic E-state index is 6.18. The number of nitrogens with zero attached hydrogens (tertiary/aromatic N) is 2. The van der Waals surface area contributed by atoms with Crippen LogP contribution in [0.25, 0.3) is 68.6 Å². The number of fused-ring (bicyclic) bond motifs is 8. The van der Waals surface area contributed by atoms with Gasteiger partial charge in [-0.2, -0.15) is 0 Å². The van der Waals surface area contributed by atoms with E-state index in [0.29, 0.717) is 0 Å². The predicted molar refractivity (Wildman–Crippen MR) is 264 cm³/mol. The van der Waals surface area contributed by atoms with E-state index in [9.17, 15) is 0 Å². The summed E-state index contributed by atoms with van der Waals surface area (Å²) in [4.78, 5) is 17.7. The zero-order valence-electron chi connectivity index (χ0n) is 37.7. The third kappa shape index (κ3) is 13.3. The SMILES string of the molecule is CCCCCCCCCCCCOc1ccc(-c2c3nc(cc4ccc([nH]4)c(-c4ccc(OCCCCCCCCCCCC)cc4)c4nc(cc5ccc2[nH]5)C=C4)C=C3)cc1. The van der Waals surface area contributed by atoms with Crippen LogP contribution < -0.4 is 9.47 Å². The van der Waals surface area contributed by atoms with Gasteiger partial charge in [0.1, 0.15) is 11.5 Å². The van der Waals surface area contributed by atoms with Crippen LogP contribution in [0.2, 0.25) is 0 Å². The van der Waals surface area contributed by atoms with Gasteiger partial charge < -0.3 is 19.4 Å². The molecule has 2 N–H and O–H groups in total. The Morgan fingerprint density at radius 2 is 0.742 bits per heavy atom. The predicted octanol–water partition coefficient (Wildman–Crippen LogP) is 16.6. The highest BCUT2D eigenvalue weighted by Crippen LogP contribution is 2.34. The third-order valence-corrected chi connectivity index (χ3v) is 12.2. The first-order valence-corrected chi connectivity index (χ1v) is 24.2. The number of ether oxygens (including phenoxy) is 2. The summed E-state index contributed by atoms with van der Waals surface area (Å²) in [5.41, 5.74) is 11.9. The molecule has 326 valence electrons. The zero-order chi connectivity index (χ0) is 42.6. The van der Waals surface area contributed by atoms with Crippen LogP contribution in [0.5, 0.6) is 11.5 Å². The number of aromatic nitrogens is 4. The highest BCUT2D eigenvalue weighted by atomic mass is 16.5. The molecule has 7 rings (SSSR count). The van der Waals surface area contributed by atoms with Gasteiger partial charge in [-0.3, -0.25) is 0 Å². The number of unbranched alkanes of at least 4 members (excludes halogenated alkanes) is 18. The molecule has 0 fully saturated rings. The van der Waals surface area contributed by atoms with Crippen molar-refractivity contribution < 1.29 is 9.47 Å². The largest absolute Gasteiger partial charge is 0.494 e. The normalized spacial score (nSPS) is 12.0. The van der Waals surface area contributed by atoms with Crippen molar-refractivity contribution >= 4 is 46.4 Å². The highest BCUT2D eigenvalue weighted by Gasteiger charge is 2.14. The Hall–Kier alpha value is -5.36. The summed E-state index contributed by atoms with van der Waals surface area (Å²) in [6, 6.07) is 29.7. The van der Waals surface area contributed by atoms with Crippen LogP contribution in [-0.2, 0) is 0 Å². The molecule has 0 saturated carbocycles. The fourth-order valence-electron chi connectivity index (χ4n) is 8.68. The van der Waals surface area contributed by atoms with E-state index in [4.69, 9.17) is 19.4 Å². The molecule has 0 aliphatic carbocycles. The Morgan fingerprint density at radius 3 is 1.11 bits per heavy atom. The van der Waals surface area contributed by atoms with Crippen molar-refractivity contribution in [2.75, 3.05) is 13.2 Å². The average molecular weight is 831 g/mol. The maximum atomic E-state index is 6.18. The molecule has 6 nitrogen and oxygen atoms in total. The lowest BCUT2D eigenvalue weighted by Crippen LogP contribution is -1.97. The lowest BCUT2D eigenvalue weighted by atomic mass is 10.0. The second-order valence-electron chi connectivity index (χ2n) is 17.3. The maximum Gasteiger partial charge on any atom is 0.119 e. The van der Waals surface area contributed by atoms with Crippen LogP contribution >= 0.6 is 0 Å². The smallest absolute Gasteiger partial charge is 0.119 e. The van der Waals surface area contributed by atoms with Crippen molar-refractivity contribution in [3.05, 3.63) is 108 Å². The summed E-state index contributed by atoms with van der Waals surface area (Å²) in [7, 11) is 0. The number of nitrogens with one attached hydrogen (secondary N) is 2. The molecule has 2 aliphatic heterocycles. The highest BCUT2D eigenvalue weighted by molar-refractivity contribution is 5.93. The number of hydrogen-bond acceptors (Lipinski definition) is 4. The van der Waals surface area contributed by atoms with Crippen molar-refractivity contribution in [2.24, 2.45) is 0 Å². The molecule has 0 spiro atoms. The van der Waals surface area contributed by atoms with E-state index < -0.39 is 0 Å². The van der Waals surface area contributed by atoms with Gasteiger partial charge in [0.25, 0.3) is 0 Å². The molecule has 0 unspecified atom stereocenters. The topological polar surface area (TPSA) is 75.8 Å². The standard InChI is InChI=1S/C56H70N4O2/c1-3-5-7-9-11-13-15-17-19-21-39-61-49-31-23-43(24-32-49)55-51-35-27-45(57-51)41-47-29-37-53(59-47)56(54-38-30-48(60-54)42-46-28-36-52(55)58-46)44-25-33-50(34-26-44)62-40-22-20-18-16-14-12-10-8-6-4-2/h23-38,41-42,57,60H,3-22,39-40H2,1-2H3. The van der Waals surface area contributed by atoms with E-state index in [1.807, 2.05) is 0 Å². The summed E-state index contributed by atoms with van der Waals surface area (Å²) in [6.45, 7) is 6.07. The van der Waals surface area contributed by atoms with Gasteiger partial charge in [-0.1, -0.05) is 154 Å². The van der Waals surface area contributed by atoms with Gasteiger partial charge >= 0.3 is 0 Å².